The highest BCUT2D eigenvalue weighted by atomic mass is 32.1. The average molecular weight is 334 g/mol. The Morgan fingerprint density at radius 2 is 2.00 bits per heavy atom. The maximum absolute atomic E-state index is 12.2. The van der Waals surface area contributed by atoms with Gasteiger partial charge in [0, 0.05) is 11.4 Å². The minimum atomic E-state index is -1.14. The number of anilines is 1. The normalized spacial score (nSPS) is 10.6. The Hall–Kier alpha value is -2.41. The molecule has 1 heterocycles. The second kappa shape index (κ2) is 6.78. The van der Waals surface area contributed by atoms with Crippen molar-refractivity contribution in [3.05, 3.63) is 49.6 Å². The van der Waals surface area contributed by atoms with Crippen molar-refractivity contribution in [1.29, 1.82) is 0 Å². The first kappa shape index (κ1) is 17.0. The molecule has 0 fully saturated rings. The summed E-state index contributed by atoms with van der Waals surface area (Å²) in [5.74, 6) is -1.50. The lowest BCUT2D eigenvalue weighted by Crippen LogP contribution is -2.26. The van der Waals surface area contributed by atoms with Gasteiger partial charge in [-0.05, 0) is 31.9 Å². The highest BCUT2D eigenvalue weighted by molar-refractivity contribution is 7.11. The number of benzene rings is 1. The van der Waals surface area contributed by atoms with E-state index in [1.54, 1.807) is 6.92 Å². The van der Waals surface area contributed by atoms with E-state index in [2.05, 4.69) is 5.32 Å². The number of aryl methyl sites for hydroxylation is 2. The van der Waals surface area contributed by atoms with Crippen LogP contribution in [0.15, 0.2) is 23.0 Å². The second-order valence-electron chi connectivity index (χ2n) is 5.26. The molecule has 1 aromatic heterocycles. The number of carbonyl (C=O) groups excluding carboxylic acids is 1. The number of thiazole rings is 1. The van der Waals surface area contributed by atoms with E-state index in [-0.39, 0.29) is 17.3 Å². The Morgan fingerprint density at radius 3 is 2.57 bits per heavy atom. The van der Waals surface area contributed by atoms with E-state index in [9.17, 15) is 14.4 Å². The summed E-state index contributed by atoms with van der Waals surface area (Å²) in [6, 6.07) is 5.65. The summed E-state index contributed by atoms with van der Waals surface area (Å²) in [6.45, 7) is 5.41. The molecule has 2 rings (SSSR count). The number of hydrogen-bond donors (Lipinski definition) is 2. The molecule has 2 aromatic rings. The summed E-state index contributed by atoms with van der Waals surface area (Å²) in [5.41, 5.74) is 3.08. The molecule has 0 aliphatic carbocycles. The molecule has 6 nitrogen and oxygen atoms in total. The van der Waals surface area contributed by atoms with Gasteiger partial charge in [0.25, 0.3) is 0 Å². The van der Waals surface area contributed by atoms with Crippen molar-refractivity contribution in [2.24, 2.45) is 0 Å². The van der Waals surface area contributed by atoms with Gasteiger partial charge in [0.15, 0.2) is 0 Å². The third-order valence-electron chi connectivity index (χ3n) is 3.48. The van der Waals surface area contributed by atoms with Gasteiger partial charge in [0.1, 0.15) is 11.4 Å². The summed E-state index contributed by atoms with van der Waals surface area (Å²) in [6.07, 6.45) is 0.372. The van der Waals surface area contributed by atoms with Gasteiger partial charge < -0.3 is 10.4 Å². The lowest BCUT2D eigenvalue weighted by atomic mass is 10.1. The van der Waals surface area contributed by atoms with Gasteiger partial charge in [0.2, 0.25) is 5.91 Å². The molecule has 122 valence electrons. The minimum absolute atomic E-state index is 0.00295. The van der Waals surface area contributed by atoms with E-state index in [0.29, 0.717) is 29.1 Å². The Labute approximate surface area is 137 Å². The number of aromatic nitrogens is 1. The molecular formula is C16H18N2O4S. The van der Waals surface area contributed by atoms with Crippen LogP contribution >= 0.6 is 11.3 Å². The Bertz CT molecular complexity index is 820. The molecule has 0 radical (unpaired) electrons. The first-order valence-corrected chi connectivity index (χ1v) is 7.98. The van der Waals surface area contributed by atoms with E-state index in [1.807, 2.05) is 32.0 Å². The summed E-state index contributed by atoms with van der Waals surface area (Å²) in [4.78, 5) is 34.9. The van der Waals surface area contributed by atoms with E-state index in [0.717, 1.165) is 11.1 Å². The molecule has 1 amide bonds. The number of rotatable bonds is 5. The topological polar surface area (TPSA) is 88.4 Å². The van der Waals surface area contributed by atoms with Crippen LogP contribution in [-0.4, -0.2) is 21.6 Å². The molecule has 0 aliphatic rings. The van der Waals surface area contributed by atoms with Gasteiger partial charge in [-0.25, -0.2) is 4.79 Å². The van der Waals surface area contributed by atoms with Crippen LogP contribution in [0, 0.1) is 13.8 Å². The standard InChI is InChI=1S/C16H18N2O4S/c1-4-12-14(15(20)21)23-16(22)18(12)8-13(19)17-11-6-5-9(2)7-10(11)3/h5-7H,4,8H2,1-3H3,(H,17,19)(H,20,21). The number of nitrogens with one attached hydrogen (secondary N) is 1. The van der Waals surface area contributed by atoms with E-state index >= 15 is 0 Å². The first-order valence-electron chi connectivity index (χ1n) is 7.16. The number of carboxylic acids is 1. The molecule has 0 atom stereocenters. The van der Waals surface area contributed by atoms with Crippen molar-refractivity contribution in [3.63, 3.8) is 0 Å². The number of carbonyl (C=O) groups is 2. The molecule has 0 spiro atoms. The van der Waals surface area contributed by atoms with Crippen molar-refractivity contribution in [2.75, 3.05) is 5.32 Å². The predicted octanol–water partition coefficient (Wildman–Crippen LogP) is 2.43. The van der Waals surface area contributed by atoms with E-state index in [4.69, 9.17) is 5.11 Å². The fourth-order valence-electron chi connectivity index (χ4n) is 2.40. The van der Waals surface area contributed by atoms with Gasteiger partial charge in [-0.2, -0.15) is 0 Å². The molecule has 1 aromatic carbocycles. The van der Waals surface area contributed by atoms with Gasteiger partial charge >= 0.3 is 10.8 Å². The fraction of sp³-hybridized carbons (Fsp3) is 0.312. The Morgan fingerprint density at radius 1 is 1.30 bits per heavy atom. The van der Waals surface area contributed by atoms with E-state index < -0.39 is 10.8 Å². The molecule has 0 bridgehead atoms. The zero-order valence-electron chi connectivity index (χ0n) is 13.2. The summed E-state index contributed by atoms with van der Waals surface area (Å²) >= 11 is 0.655. The first-order chi connectivity index (χ1) is 10.8. The summed E-state index contributed by atoms with van der Waals surface area (Å²) in [7, 11) is 0. The quantitative estimate of drug-likeness (QED) is 0.879. The molecule has 0 saturated carbocycles. The van der Waals surface area contributed by atoms with Gasteiger partial charge in [-0.1, -0.05) is 36.0 Å². The number of amides is 1. The van der Waals surface area contributed by atoms with Crippen molar-refractivity contribution < 1.29 is 14.7 Å². The van der Waals surface area contributed by atoms with Crippen LogP contribution in [0.25, 0.3) is 0 Å². The maximum Gasteiger partial charge on any atom is 0.347 e. The van der Waals surface area contributed by atoms with Crippen LogP contribution in [-0.2, 0) is 17.8 Å². The average Bonchev–Trinajstić information content (AvgIpc) is 2.78. The molecule has 2 N–H and O–H groups in total. The van der Waals surface area contributed by atoms with Crippen LogP contribution < -0.4 is 10.2 Å². The van der Waals surface area contributed by atoms with Crippen LogP contribution in [0.3, 0.4) is 0 Å². The Balaban J connectivity index is 2.24. The molecule has 7 heteroatoms. The molecule has 0 unspecified atom stereocenters. The lowest BCUT2D eigenvalue weighted by molar-refractivity contribution is -0.116. The zero-order valence-corrected chi connectivity index (χ0v) is 14.0. The van der Waals surface area contributed by atoms with Crippen LogP contribution in [0.5, 0.6) is 0 Å². The summed E-state index contributed by atoms with van der Waals surface area (Å²) in [5, 5.41) is 11.9. The molecular weight excluding hydrogens is 316 g/mol. The number of nitrogens with zero attached hydrogens (tertiary/aromatic N) is 1. The Kier molecular flexibility index (Phi) is 5.00. The maximum atomic E-state index is 12.2. The van der Waals surface area contributed by atoms with Crippen LogP contribution in [0.2, 0.25) is 0 Å². The fourth-order valence-corrected chi connectivity index (χ4v) is 3.32. The highest BCUT2D eigenvalue weighted by Gasteiger charge is 2.20. The van der Waals surface area contributed by atoms with Crippen molar-refractivity contribution >= 4 is 28.9 Å². The third-order valence-corrected chi connectivity index (χ3v) is 4.49. The third kappa shape index (κ3) is 3.68. The lowest BCUT2D eigenvalue weighted by Gasteiger charge is -2.11. The predicted molar refractivity (Wildman–Crippen MR) is 89.5 cm³/mol. The molecule has 0 aliphatic heterocycles. The van der Waals surface area contributed by atoms with Gasteiger partial charge in [0.05, 0.1) is 0 Å². The van der Waals surface area contributed by atoms with Gasteiger partial charge in [-0.15, -0.1) is 0 Å². The molecule has 0 saturated heterocycles. The SMILES string of the molecule is CCc1c(C(=O)O)sc(=O)n1CC(=O)Nc1ccc(C)cc1C. The molecule has 23 heavy (non-hydrogen) atoms. The van der Waals surface area contributed by atoms with Crippen molar-refractivity contribution in [1.82, 2.24) is 4.57 Å². The highest BCUT2D eigenvalue weighted by Crippen LogP contribution is 2.17. The van der Waals surface area contributed by atoms with E-state index in [1.165, 1.54) is 4.57 Å². The smallest absolute Gasteiger partial charge is 0.347 e. The van der Waals surface area contributed by atoms with Crippen LogP contribution in [0.1, 0.15) is 33.4 Å². The number of hydrogen-bond acceptors (Lipinski definition) is 4. The summed E-state index contributed by atoms with van der Waals surface area (Å²) < 4.78 is 1.23. The second-order valence-corrected chi connectivity index (χ2v) is 6.22. The van der Waals surface area contributed by atoms with Gasteiger partial charge in [-0.3, -0.25) is 14.2 Å². The monoisotopic (exact) mass is 334 g/mol. The zero-order chi connectivity index (χ0) is 17.1. The minimum Gasteiger partial charge on any atom is -0.477 e. The number of carboxylic acid groups (broad SMARTS) is 1. The van der Waals surface area contributed by atoms with Crippen molar-refractivity contribution in [3.8, 4) is 0 Å². The van der Waals surface area contributed by atoms with Crippen molar-refractivity contribution in [2.45, 2.75) is 33.7 Å². The number of aromatic carboxylic acids is 1. The largest absolute Gasteiger partial charge is 0.477 e. The van der Waals surface area contributed by atoms with Crippen LogP contribution in [0.4, 0.5) is 5.69 Å².